The number of fused-ring (bicyclic) bond motifs is 1. The summed E-state index contributed by atoms with van der Waals surface area (Å²) in [6.45, 7) is 0. The van der Waals surface area contributed by atoms with Crippen LogP contribution in [0.1, 0.15) is 12.8 Å². The molecular formula is C14H15N5O2. The Morgan fingerprint density at radius 1 is 1.33 bits per heavy atom. The Bertz CT molecular complexity index is 730. The highest BCUT2D eigenvalue weighted by Gasteiger charge is 2.32. The number of nitrogens with two attached hydrogens (primary N) is 1. The van der Waals surface area contributed by atoms with Crippen molar-refractivity contribution in [1.29, 1.82) is 0 Å². The van der Waals surface area contributed by atoms with Gasteiger partial charge in [0.05, 0.1) is 5.52 Å². The van der Waals surface area contributed by atoms with Gasteiger partial charge in [-0.25, -0.2) is 9.97 Å². The number of carbonyl (C=O) groups excluding carboxylic acids is 2. The molecule has 1 aliphatic rings. The summed E-state index contributed by atoms with van der Waals surface area (Å²) in [6, 6.07) is 4.87. The van der Waals surface area contributed by atoms with Crippen LogP contribution >= 0.6 is 0 Å². The zero-order valence-electron chi connectivity index (χ0n) is 11.5. The summed E-state index contributed by atoms with van der Waals surface area (Å²) in [7, 11) is 1.50. The maximum absolute atomic E-state index is 12.1. The molecule has 1 fully saturated rings. The van der Waals surface area contributed by atoms with E-state index in [1.54, 1.807) is 12.1 Å². The van der Waals surface area contributed by atoms with Gasteiger partial charge in [-0.05, 0) is 24.6 Å². The number of piperidine rings is 1. The van der Waals surface area contributed by atoms with E-state index in [1.807, 2.05) is 6.07 Å². The lowest BCUT2D eigenvalue weighted by atomic mass is 10.0. The smallest absolute Gasteiger partial charge is 0.251 e. The van der Waals surface area contributed by atoms with E-state index in [4.69, 9.17) is 5.73 Å². The number of likely N-dealkylation sites (tertiary alicyclic amines) is 1. The highest BCUT2D eigenvalue weighted by atomic mass is 16.2. The van der Waals surface area contributed by atoms with E-state index in [0.29, 0.717) is 29.9 Å². The Kier molecular flexibility index (Phi) is 3.17. The van der Waals surface area contributed by atoms with Crippen LogP contribution in [0.15, 0.2) is 24.5 Å². The number of hydrogen-bond acceptors (Lipinski definition) is 6. The van der Waals surface area contributed by atoms with Crippen molar-refractivity contribution >= 4 is 34.2 Å². The number of nitrogens with one attached hydrogen (secondary N) is 1. The summed E-state index contributed by atoms with van der Waals surface area (Å²) in [5.41, 5.74) is 7.06. The van der Waals surface area contributed by atoms with E-state index in [-0.39, 0.29) is 11.8 Å². The molecule has 7 nitrogen and oxygen atoms in total. The topological polar surface area (TPSA) is 101 Å². The first kappa shape index (κ1) is 13.3. The molecule has 0 radical (unpaired) electrons. The third kappa shape index (κ3) is 2.37. The normalized spacial score (nSPS) is 19.1. The van der Waals surface area contributed by atoms with Gasteiger partial charge in [-0.3, -0.25) is 14.5 Å². The van der Waals surface area contributed by atoms with Crippen LogP contribution in [0.5, 0.6) is 0 Å². The number of hydrogen-bond donors (Lipinski definition) is 2. The van der Waals surface area contributed by atoms with Crippen molar-refractivity contribution in [3.63, 3.8) is 0 Å². The summed E-state index contributed by atoms with van der Waals surface area (Å²) in [6.07, 6.45) is 2.23. The number of nitrogen functional groups attached to an aromatic ring is 1. The molecule has 0 aliphatic carbocycles. The molecule has 2 heterocycles. The Labute approximate surface area is 121 Å². The van der Waals surface area contributed by atoms with Crippen LogP contribution in [-0.2, 0) is 9.59 Å². The number of aromatic nitrogens is 2. The Morgan fingerprint density at radius 2 is 2.14 bits per heavy atom. The molecule has 7 heteroatoms. The van der Waals surface area contributed by atoms with E-state index in [2.05, 4.69) is 15.3 Å². The Hall–Kier alpha value is -2.70. The molecule has 2 amide bonds. The minimum atomic E-state index is -0.455. The van der Waals surface area contributed by atoms with Crippen LogP contribution in [-0.4, -0.2) is 39.8 Å². The molecule has 1 saturated heterocycles. The van der Waals surface area contributed by atoms with Gasteiger partial charge < -0.3 is 11.1 Å². The van der Waals surface area contributed by atoms with Crippen molar-refractivity contribution in [3.05, 3.63) is 24.5 Å². The second-order valence-electron chi connectivity index (χ2n) is 5.03. The molecule has 21 heavy (non-hydrogen) atoms. The summed E-state index contributed by atoms with van der Waals surface area (Å²) >= 11 is 0. The van der Waals surface area contributed by atoms with Crippen LogP contribution in [0.3, 0.4) is 0 Å². The lowest BCUT2D eigenvalue weighted by Crippen LogP contribution is -2.48. The van der Waals surface area contributed by atoms with Crippen molar-refractivity contribution in [2.24, 2.45) is 0 Å². The first-order chi connectivity index (χ1) is 10.1. The standard InChI is InChI=1S/C14H15N5O2/c1-19-12(20)5-4-10(14(19)21)18-13-9-3-2-8(15)6-11(9)16-7-17-13/h2-3,6-7,10H,4-5,15H2,1H3,(H,16,17,18). The lowest BCUT2D eigenvalue weighted by molar-refractivity contribution is -0.146. The summed E-state index contributed by atoms with van der Waals surface area (Å²) in [4.78, 5) is 33.1. The largest absolute Gasteiger partial charge is 0.399 e. The van der Waals surface area contributed by atoms with E-state index < -0.39 is 6.04 Å². The average Bonchev–Trinajstić information content (AvgIpc) is 2.48. The van der Waals surface area contributed by atoms with Crippen LogP contribution in [0, 0.1) is 0 Å². The second kappa shape index (κ2) is 5.01. The molecule has 1 unspecified atom stereocenters. The monoisotopic (exact) mass is 285 g/mol. The van der Waals surface area contributed by atoms with Gasteiger partial charge in [0.1, 0.15) is 18.2 Å². The zero-order chi connectivity index (χ0) is 15.0. The number of imide groups is 1. The highest BCUT2D eigenvalue weighted by Crippen LogP contribution is 2.23. The molecule has 3 rings (SSSR count). The third-order valence-corrected chi connectivity index (χ3v) is 3.62. The lowest BCUT2D eigenvalue weighted by Gasteiger charge is -2.28. The van der Waals surface area contributed by atoms with Gasteiger partial charge in [-0.1, -0.05) is 0 Å². The predicted molar refractivity (Wildman–Crippen MR) is 78.4 cm³/mol. The summed E-state index contributed by atoms with van der Waals surface area (Å²) in [5, 5.41) is 3.90. The SMILES string of the molecule is CN1C(=O)CCC(Nc2ncnc3cc(N)ccc23)C1=O. The van der Waals surface area contributed by atoms with Crippen LogP contribution < -0.4 is 11.1 Å². The summed E-state index contributed by atoms with van der Waals surface area (Å²) in [5.74, 6) is 0.174. The fraction of sp³-hybridized carbons (Fsp3) is 0.286. The fourth-order valence-corrected chi connectivity index (χ4v) is 2.40. The van der Waals surface area contributed by atoms with Crippen LogP contribution in [0.2, 0.25) is 0 Å². The van der Waals surface area contributed by atoms with Gasteiger partial charge in [0.2, 0.25) is 5.91 Å². The number of benzene rings is 1. The Balaban J connectivity index is 1.92. The third-order valence-electron chi connectivity index (χ3n) is 3.62. The summed E-state index contributed by atoms with van der Waals surface area (Å²) < 4.78 is 0. The Morgan fingerprint density at radius 3 is 2.95 bits per heavy atom. The second-order valence-corrected chi connectivity index (χ2v) is 5.03. The number of nitrogens with zero attached hydrogens (tertiary/aromatic N) is 3. The maximum Gasteiger partial charge on any atom is 0.251 e. The van der Waals surface area contributed by atoms with Gasteiger partial charge in [-0.15, -0.1) is 0 Å². The molecule has 0 bridgehead atoms. The van der Waals surface area contributed by atoms with E-state index in [1.165, 1.54) is 13.4 Å². The van der Waals surface area contributed by atoms with Crippen molar-refractivity contribution in [3.8, 4) is 0 Å². The van der Waals surface area contributed by atoms with E-state index >= 15 is 0 Å². The minimum Gasteiger partial charge on any atom is -0.399 e. The zero-order valence-corrected chi connectivity index (χ0v) is 11.5. The van der Waals surface area contributed by atoms with Crippen molar-refractivity contribution in [2.75, 3.05) is 18.1 Å². The van der Waals surface area contributed by atoms with Crippen molar-refractivity contribution < 1.29 is 9.59 Å². The van der Waals surface area contributed by atoms with E-state index in [0.717, 1.165) is 10.3 Å². The first-order valence-corrected chi connectivity index (χ1v) is 6.63. The number of rotatable bonds is 2. The molecular weight excluding hydrogens is 270 g/mol. The number of anilines is 2. The maximum atomic E-state index is 12.1. The molecule has 108 valence electrons. The van der Waals surface area contributed by atoms with Gasteiger partial charge in [0, 0.05) is 24.5 Å². The molecule has 1 aromatic carbocycles. The predicted octanol–water partition coefficient (Wildman–Crippen LogP) is 0.771. The fourth-order valence-electron chi connectivity index (χ4n) is 2.40. The van der Waals surface area contributed by atoms with Crippen LogP contribution in [0.4, 0.5) is 11.5 Å². The number of likely N-dealkylation sites (N-methyl/N-ethyl adjacent to an activating group) is 1. The molecule has 1 aliphatic heterocycles. The van der Waals surface area contributed by atoms with Gasteiger partial charge in [-0.2, -0.15) is 0 Å². The molecule has 1 atom stereocenters. The molecule has 2 aromatic rings. The highest BCUT2D eigenvalue weighted by molar-refractivity contribution is 6.02. The minimum absolute atomic E-state index is 0.154. The number of carbonyl (C=O) groups is 2. The van der Waals surface area contributed by atoms with Gasteiger partial charge in [0.15, 0.2) is 0 Å². The van der Waals surface area contributed by atoms with Crippen LogP contribution in [0.25, 0.3) is 10.9 Å². The molecule has 0 spiro atoms. The quantitative estimate of drug-likeness (QED) is 0.624. The molecule has 0 saturated carbocycles. The molecule has 1 aromatic heterocycles. The first-order valence-electron chi connectivity index (χ1n) is 6.63. The van der Waals surface area contributed by atoms with Gasteiger partial charge >= 0.3 is 0 Å². The van der Waals surface area contributed by atoms with Crippen molar-refractivity contribution in [1.82, 2.24) is 14.9 Å². The molecule has 3 N–H and O–H groups in total. The van der Waals surface area contributed by atoms with Gasteiger partial charge in [0.25, 0.3) is 5.91 Å². The van der Waals surface area contributed by atoms with E-state index in [9.17, 15) is 9.59 Å². The average molecular weight is 285 g/mol. The number of amides is 2. The van der Waals surface area contributed by atoms with Crippen molar-refractivity contribution in [2.45, 2.75) is 18.9 Å².